The predicted molar refractivity (Wildman–Crippen MR) is 127 cm³/mol. The number of hydrogen-bond acceptors (Lipinski definition) is 5. The van der Waals surface area contributed by atoms with Crippen molar-refractivity contribution in [1.82, 2.24) is 4.83 Å². The van der Waals surface area contributed by atoms with Crippen molar-refractivity contribution in [2.24, 2.45) is 5.10 Å². The molecule has 0 atom stereocenters. The van der Waals surface area contributed by atoms with Gasteiger partial charge in [0.15, 0.2) is 0 Å². The Morgan fingerprint density at radius 3 is 1.87 bits per heavy atom. The lowest BCUT2D eigenvalue weighted by molar-refractivity contribution is 0.584. The van der Waals surface area contributed by atoms with Crippen LogP contribution in [0.5, 0.6) is 0 Å². The monoisotopic (exact) mass is 474 g/mol. The number of benzene rings is 3. The highest BCUT2D eigenvalue weighted by Crippen LogP contribution is 2.41. The second kappa shape index (κ2) is 10.7. The van der Waals surface area contributed by atoms with E-state index >= 15 is 0 Å². The first kappa shape index (κ1) is 22.5. The van der Waals surface area contributed by atoms with Gasteiger partial charge in [-0.15, -0.1) is 0 Å². The van der Waals surface area contributed by atoms with Gasteiger partial charge in [0.25, 0.3) is 10.0 Å². The number of hydrogen-bond donors (Lipinski definition) is 1. The van der Waals surface area contributed by atoms with E-state index in [9.17, 15) is 8.42 Å². The number of aryl methyl sites for hydroxylation is 1. The summed E-state index contributed by atoms with van der Waals surface area (Å²) in [6, 6.07) is 26.2. The predicted octanol–water partition coefficient (Wildman–Crippen LogP) is 6.25. The molecule has 0 unspecified atom stereocenters. The third kappa shape index (κ3) is 6.67. The summed E-state index contributed by atoms with van der Waals surface area (Å²) in [4.78, 5) is 4.39. The second-order valence-electron chi connectivity index (χ2n) is 6.13. The first-order valence-corrected chi connectivity index (χ1v) is 12.4. The van der Waals surface area contributed by atoms with Gasteiger partial charge in [0.1, 0.15) is 0 Å². The van der Waals surface area contributed by atoms with E-state index in [0.717, 1.165) is 19.6 Å². The van der Waals surface area contributed by atoms with E-state index < -0.39 is 10.0 Å². The largest absolute Gasteiger partial charge is 0.276 e. The van der Waals surface area contributed by atoms with Crippen molar-refractivity contribution in [2.45, 2.75) is 21.6 Å². The highest BCUT2D eigenvalue weighted by atomic mass is 35.5. The van der Waals surface area contributed by atoms with Crippen LogP contribution in [0.2, 0.25) is 0 Å². The van der Waals surface area contributed by atoms with Crippen LogP contribution in [-0.4, -0.2) is 14.6 Å². The normalized spacial score (nSPS) is 11.4. The van der Waals surface area contributed by atoms with Gasteiger partial charge in [0.05, 0.1) is 20.4 Å². The Morgan fingerprint density at radius 2 is 1.37 bits per heavy atom. The first-order chi connectivity index (χ1) is 14.4. The molecule has 0 aliphatic rings. The van der Waals surface area contributed by atoms with Crippen molar-refractivity contribution in [3.63, 3.8) is 0 Å². The SMILES string of the molecule is Cc1ccc(S(=O)(=O)NN=CC(Cl)=C(Sc2ccccc2)Sc2ccccc2)cc1. The smallest absolute Gasteiger partial charge is 0.200 e. The molecule has 0 saturated carbocycles. The van der Waals surface area contributed by atoms with Crippen LogP contribution in [0.4, 0.5) is 0 Å². The molecule has 30 heavy (non-hydrogen) atoms. The fraction of sp³-hybridized carbons (Fsp3) is 0.0455. The maximum Gasteiger partial charge on any atom is 0.276 e. The van der Waals surface area contributed by atoms with Gasteiger partial charge in [-0.3, -0.25) is 0 Å². The summed E-state index contributed by atoms with van der Waals surface area (Å²) in [7, 11) is -3.76. The molecule has 4 nitrogen and oxygen atoms in total. The molecule has 0 bridgehead atoms. The quantitative estimate of drug-likeness (QED) is 0.238. The zero-order valence-electron chi connectivity index (χ0n) is 16.0. The number of sulfonamides is 1. The van der Waals surface area contributed by atoms with Crippen molar-refractivity contribution >= 4 is 51.4 Å². The molecule has 3 aromatic rings. The summed E-state index contributed by atoms with van der Waals surface area (Å²) in [6.07, 6.45) is 1.31. The van der Waals surface area contributed by atoms with Gasteiger partial charge in [-0.25, -0.2) is 4.83 Å². The minimum absolute atomic E-state index is 0.142. The van der Waals surface area contributed by atoms with Gasteiger partial charge >= 0.3 is 0 Å². The van der Waals surface area contributed by atoms with Gasteiger partial charge in [0, 0.05) is 9.79 Å². The molecule has 0 aliphatic carbocycles. The van der Waals surface area contributed by atoms with Crippen LogP contribution >= 0.6 is 35.1 Å². The molecule has 0 amide bonds. The van der Waals surface area contributed by atoms with Crippen molar-refractivity contribution in [3.8, 4) is 0 Å². The van der Waals surface area contributed by atoms with Gasteiger partial charge in [-0.2, -0.15) is 13.5 Å². The Balaban J connectivity index is 1.80. The standard InChI is InChI=1S/C22H19ClN2O2S3/c1-17-12-14-20(15-13-17)30(26,27)25-24-16-21(23)22(28-18-8-4-2-5-9-18)29-19-10-6-3-7-11-19/h2-16,25H,1H3. The zero-order chi connectivity index (χ0) is 21.4. The lowest BCUT2D eigenvalue weighted by Crippen LogP contribution is -2.18. The van der Waals surface area contributed by atoms with Crippen molar-refractivity contribution in [3.05, 3.63) is 99.8 Å². The number of nitrogens with zero attached hydrogens (tertiary/aromatic N) is 1. The fourth-order valence-electron chi connectivity index (χ4n) is 2.28. The Labute approximate surface area is 190 Å². The van der Waals surface area contributed by atoms with Crippen molar-refractivity contribution < 1.29 is 8.42 Å². The molecule has 0 aromatic heterocycles. The molecule has 0 aliphatic heterocycles. The Morgan fingerprint density at radius 1 is 0.867 bits per heavy atom. The minimum Gasteiger partial charge on any atom is -0.200 e. The lowest BCUT2D eigenvalue weighted by Gasteiger charge is -2.08. The number of nitrogens with one attached hydrogen (secondary N) is 1. The Bertz CT molecular complexity index is 1090. The number of rotatable bonds is 8. The maximum absolute atomic E-state index is 12.4. The van der Waals surface area contributed by atoms with Crippen LogP contribution in [0.1, 0.15) is 5.56 Å². The Hall–Kier alpha value is -2.19. The summed E-state index contributed by atoms with van der Waals surface area (Å²) >= 11 is 9.48. The zero-order valence-corrected chi connectivity index (χ0v) is 19.2. The third-order valence-corrected chi connectivity index (χ3v) is 7.86. The highest BCUT2D eigenvalue weighted by molar-refractivity contribution is 8.22. The summed E-state index contributed by atoms with van der Waals surface area (Å²) in [5, 5.41) is 4.20. The highest BCUT2D eigenvalue weighted by Gasteiger charge is 2.13. The molecule has 0 saturated heterocycles. The summed E-state index contributed by atoms with van der Waals surface area (Å²) in [6.45, 7) is 1.89. The van der Waals surface area contributed by atoms with Crippen LogP contribution in [0.3, 0.4) is 0 Å². The first-order valence-electron chi connectivity index (χ1n) is 8.91. The topological polar surface area (TPSA) is 58.5 Å². The van der Waals surface area contributed by atoms with E-state index in [1.807, 2.05) is 67.6 Å². The average molecular weight is 475 g/mol. The summed E-state index contributed by atoms with van der Waals surface area (Å²) in [5.41, 5.74) is 0.976. The van der Waals surface area contributed by atoms with Crippen LogP contribution < -0.4 is 4.83 Å². The van der Waals surface area contributed by atoms with E-state index in [4.69, 9.17) is 11.6 Å². The van der Waals surface area contributed by atoms with Crippen LogP contribution in [-0.2, 0) is 10.0 Å². The van der Waals surface area contributed by atoms with E-state index in [-0.39, 0.29) is 4.90 Å². The lowest BCUT2D eigenvalue weighted by atomic mass is 10.2. The summed E-state index contributed by atoms with van der Waals surface area (Å²) in [5.74, 6) is 0. The summed E-state index contributed by atoms with van der Waals surface area (Å²) < 4.78 is 25.5. The molecule has 1 N–H and O–H groups in total. The van der Waals surface area contributed by atoms with Gasteiger partial charge in [-0.1, -0.05) is 89.2 Å². The van der Waals surface area contributed by atoms with Crippen molar-refractivity contribution in [2.75, 3.05) is 0 Å². The van der Waals surface area contributed by atoms with Crippen molar-refractivity contribution in [1.29, 1.82) is 0 Å². The third-order valence-electron chi connectivity index (χ3n) is 3.78. The van der Waals surface area contributed by atoms with Crippen LogP contribution in [0, 0.1) is 6.92 Å². The maximum atomic E-state index is 12.4. The molecule has 0 spiro atoms. The van der Waals surface area contributed by atoms with Crippen LogP contribution in [0.15, 0.2) is 114 Å². The molecule has 0 radical (unpaired) electrons. The fourth-order valence-corrected chi connectivity index (χ4v) is 5.42. The molecule has 8 heteroatoms. The van der Waals surface area contributed by atoms with E-state index in [2.05, 4.69) is 9.93 Å². The van der Waals surface area contributed by atoms with Gasteiger partial charge < -0.3 is 0 Å². The van der Waals surface area contributed by atoms with Gasteiger partial charge in [-0.05, 0) is 43.3 Å². The van der Waals surface area contributed by atoms with E-state index in [0.29, 0.717) is 5.03 Å². The molecule has 3 rings (SSSR count). The second-order valence-corrected chi connectivity index (χ2v) is 10.6. The number of allylic oxidation sites excluding steroid dienone is 1. The molecule has 0 heterocycles. The van der Waals surface area contributed by atoms with E-state index in [1.165, 1.54) is 41.9 Å². The molecular formula is C22H19ClN2O2S3. The molecule has 154 valence electrons. The number of hydrazone groups is 1. The molecular weight excluding hydrogens is 456 g/mol. The minimum atomic E-state index is -3.76. The van der Waals surface area contributed by atoms with Crippen LogP contribution in [0.25, 0.3) is 0 Å². The average Bonchev–Trinajstić information content (AvgIpc) is 2.75. The van der Waals surface area contributed by atoms with E-state index in [1.54, 1.807) is 12.1 Å². The number of halogens is 1. The molecule has 3 aromatic carbocycles. The Kier molecular flexibility index (Phi) is 8.04. The number of thioether (sulfide) groups is 2. The van der Waals surface area contributed by atoms with Gasteiger partial charge in [0.2, 0.25) is 0 Å². The molecule has 0 fully saturated rings.